The first-order valence-corrected chi connectivity index (χ1v) is 9.73. The van der Waals surface area contributed by atoms with Crippen molar-refractivity contribution in [3.05, 3.63) is 23.2 Å². The van der Waals surface area contributed by atoms with Crippen molar-refractivity contribution < 1.29 is 18.0 Å². The zero-order valence-corrected chi connectivity index (χ0v) is 15.7. The molecule has 0 bridgehead atoms. The van der Waals surface area contributed by atoms with Crippen molar-refractivity contribution in [2.24, 2.45) is 0 Å². The normalized spacial score (nSPS) is 16.1. The van der Waals surface area contributed by atoms with Crippen molar-refractivity contribution in [3.8, 4) is 0 Å². The number of rotatable bonds is 5. The van der Waals surface area contributed by atoms with E-state index in [0.717, 1.165) is 0 Å². The smallest absolute Gasteiger partial charge is 0.313 e. The number of likely N-dealkylation sites (N-methyl/N-ethyl adjacent to an activating group) is 1. The highest BCUT2D eigenvalue weighted by Gasteiger charge is 2.28. The Labute approximate surface area is 152 Å². The summed E-state index contributed by atoms with van der Waals surface area (Å²) in [6, 6.07) is 4.49. The molecule has 0 atom stereocenters. The van der Waals surface area contributed by atoms with E-state index in [4.69, 9.17) is 11.6 Å². The lowest BCUT2D eigenvalue weighted by atomic mass is 10.2. The summed E-state index contributed by atoms with van der Waals surface area (Å²) in [4.78, 5) is 25.5. The van der Waals surface area contributed by atoms with Crippen molar-refractivity contribution >= 4 is 44.8 Å². The predicted octanol–water partition coefficient (Wildman–Crippen LogP) is 0.496. The molecule has 0 aromatic heterocycles. The molecule has 2 N–H and O–H groups in total. The van der Waals surface area contributed by atoms with Crippen molar-refractivity contribution in [3.63, 3.8) is 0 Å². The van der Waals surface area contributed by atoms with Crippen LogP contribution in [-0.4, -0.2) is 64.6 Å². The van der Waals surface area contributed by atoms with Gasteiger partial charge in [-0.2, -0.15) is 0 Å². The van der Waals surface area contributed by atoms with Crippen LogP contribution in [-0.2, 0) is 19.6 Å². The highest BCUT2D eigenvalue weighted by atomic mass is 35.5. The van der Waals surface area contributed by atoms with E-state index in [0.29, 0.717) is 31.7 Å². The topological polar surface area (TPSA) is 98.8 Å². The molecule has 1 saturated heterocycles. The number of anilines is 2. The van der Waals surface area contributed by atoms with E-state index < -0.39 is 21.8 Å². The Morgan fingerprint density at radius 2 is 2.00 bits per heavy atom. The second-order valence-corrected chi connectivity index (χ2v) is 8.34. The standard InChI is InChI=1S/C15H21ClN4O4S/c1-19(2)8-6-17-14(21)15(22)18-13-5-4-11(10-12(13)16)20-7-3-9-25(20,23)24/h4-5,10H,3,6-9H2,1-2H3,(H,17,21)(H,18,22). The molecule has 138 valence electrons. The van der Waals surface area contributed by atoms with Crippen molar-refractivity contribution in [2.75, 3.05) is 49.1 Å². The lowest BCUT2D eigenvalue weighted by Crippen LogP contribution is -2.38. The minimum absolute atomic E-state index is 0.107. The lowest BCUT2D eigenvalue weighted by molar-refractivity contribution is -0.136. The summed E-state index contributed by atoms with van der Waals surface area (Å²) in [5.74, 6) is -1.48. The highest BCUT2D eigenvalue weighted by Crippen LogP contribution is 2.31. The van der Waals surface area contributed by atoms with Crippen molar-refractivity contribution in [1.29, 1.82) is 0 Å². The molecule has 10 heteroatoms. The summed E-state index contributed by atoms with van der Waals surface area (Å²) in [6.07, 6.45) is 0.561. The number of nitrogens with one attached hydrogen (secondary N) is 2. The molecule has 0 unspecified atom stereocenters. The number of nitrogens with zero attached hydrogens (tertiary/aromatic N) is 2. The average molecular weight is 389 g/mol. The molecule has 0 aliphatic carbocycles. The minimum Gasteiger partial charge on any atom is -0.347 e. The van der Waals surface area contributed by atoms with Gasteiger partial charge in [-0.3, -0.25) is 13.9 Å². The van der Waals surface area contributed by atoms with E-state index in [1.54, 1.807) is 6.07 Å². The third-order valence-electron chi connectivity index (χ3n) is 3.64. The van der Waals surface area contributed by atoms with Crippen LogP contribution in [0.1, 0.15) is 6.42 Å². The maximum atomic E-state index is 11.9. The fraction of sp³-hybridized carbons (Fsp3) is 0.467. The zero-order valence-electron chi connectivity index (χ0n) is 14.1. The van der Waals surface area contributed by atoms with Gasteiger partial charge in [-0.15, -0.1) is 0 Å². The summed E-state index contributed by atoms with van der Waals surface area (Å²) < 4.78 is 25.2. The highest BCUT2D eigenvalue weighted by molar-refractivity contribution is 7.93. The predicted molar refractivity (Wildman–Crippen MR) is 97.4 cm³/mol. The maximum absolute atomic E-state index is 11.9. The second-order valence-electron chi connectivity index (χ2n) is 5.92. The Bertz CT molecular complexity index is 767. The molecule has 0 saturated carbocycles. The summed E-state index contributed by atoms with van der Waals surface area (Å²) in [7, 11) is 0.406. The molecular weight excluding hydrogens is 368 g/mol. The molecule has 25 heavy (non-hydrogen) atoms. The van der Waals surface area contributed by atoms with Crippen LogP contribution in [0.4, 0.5) is 11.4 Å². The van der Waals surface area contributed by atoms with Gasteiger partial charge in [0.05, 0.1) is 22.2 Å². The van der Waals surface area contributed by atoms with Gasteiger partial charge < -0.3 is 15.5 Å². The van der Waals surface area contributed by atoms with Gasteiger partial charge in [-0.05, 0) is 38.7 Å². The molecule has 8 nitrogen and oxygen atoms in total. The first kappa shape index (κ1) is 19.5. The SMILES string of the molecule is CN(C)CCNC(=O)C(=O)Nc1ccc(N2CCCS2(=O)=O)cc1Cl. The molecular formula is C15H21ClN4O4S. The summed E-state index contributed by atoms with van der Waals surface area (Å²) in [6.45, 7) is 1.36. The number of sulfonamides is 1. The lowest BCUT2D eigenvalue weighted by Gasteiger charge is -2.18. The Kier molecular flexibility index (Phi) is 6.26. The number of carbonyl (C=O) groups excluding carboxylic acids is 2. The van der Waals surface area contributed by atoms with E-state index in [-0.39, 0.29) is 16.5 Å². The summed E-state index contributed by atoms with van der Waals surface area (Å²) in [5.41, 5.74) is 0.686. The largest absolute Gasteiger partial charge is 0.347 e. The molecule has 1 aliphatic rings. The third kappa shape index (κ3) is 5.07. The average Bonchev–Trinajstić information content (AvgIpc) is 2.88. The number of amides is 2. The van der Waals surface area contributed by atoms with Gasteiger partial charge in [0.25, 0.3) is 0 Å². The molecule has 2 rings (SSSR count). The third-order valence-corrected chi connectivity index (χ3v) is 5.82. The minimum atomic E-state index is -3.30. The van der Waals surface area contributed by atoms with Gasteiger partial charge in [0.15, 0.2) is 0 Å². The van der Waals surface area contributed by atoms with Crippen LogP contribution < -0.4 is 14.9 Å². The molecule has 1 heterocycles. The number of carbonyl (C=O) groups is 2. The van der Waals surface area contributed by atoms with Crippen LogP contribution in [0.25, 0.3) is 0 Å². The van der Waals surface area contributed by atoms with Crippen LogP contribution in [0.3, 0.4) is 0 Å². The second kappa shape index (κ2) is 8.03. The monoisotopic (exact) mass is 388 g/mol. The van der Waals surface area contributed by atoms with E-state index in [2.05, 4.69) is 10.6 Å². The quantitative estimate of drug-likeness (QED) is 0.715. The van der Waals surface area contributed by atoms with E-state index in [9.17, 15) is 18.0 Å². The van der Waals surface area contributed by atoms with Crippen LogP contribution >= 0.6 is 11.6 Å². The Hall–Kier alpha value is -1.84. The van der Waals surface area contributed by atoms with Crippen LogP contribution in [0.15, 0.2) is 18.2 Å². The van der Waals surface area contributed by atoms with Gasteiger partial charge in [0, 0.05) is 19.6 Å². The van der Waals surface area contributed by atoms with Gasteiger partial charge in [-0.25, -0.2) is 8.42 Å². The Morgan fingerprint density at radius 3 is 2.56 bits per heavy atom. The van der Waals surface area contributed by atoms with Gasteiger partial charge >= 0.3 is 11.8 Å². The van der Waals surface area contributed by atoms with Gasteiger partial charge in [0.2, 0.25) is 10.0 Å². The van der Waals surface area contributed by atoms with Crippen LogP contribution in [0.2, 0.25) is 5.02 Å². The fourth-order valence-corrected chi connectivity index (χ4v) is 4.12. The van der Waals surface area contributed by atoms with Crippen LogP contribution in [0, 0.1) is 0 Å². The molecule has 0 spiro atoms. The summed E-state index contributed by atoms with van der Waals surface area (Å²) >= 11 is 6.12. The first-order valence-electron chi connectivity index (χ1n) is 7.74. The number of hydrogen-bond donors (Lipinski definition) is 2. The van der Waals surface area contributed by atoms with E-state index >= 15 is 0 Å². The van der Waals surface area contributed by atoms with Crippen LogP contribution in [0.5, 0.6) is 0 Å². The van der Waals surface area contributed by atoms with Crippen molar-refractivity contribution in [1.82, 2.24) is 10.2 Å². The fourth-order valence-electron chi connectivity index (χ4n) is 2.34. The summed E-state index contributed by atoms with van der Waals surface area (Å²) in [5, 5.41) is 5.08. The molecule has 1 aromatic carbocycles. The number of benzene rings is 1. The van der Waals surface area contributed by atoms with Crippen molar-refractivity contribution in [2.45, 2.75) is 6.42 Å². The number of halogens is 1. The van der Waals surface area contributed by atoms with Gasteiger partial charge in [-0.1, -0.05) is 11.6 Å². The molecule has 0 radical (unpaired) electrons. The maximum Gasteiger partial charge on any atom is 0.313 e. The number of hydrogen-bond acceptors (Lipinski definition) is 5. The Balaban J connectivity index is 2.01. The molecule has 1 fully saturated rings. The van der Waals surface area contributed by atoms with E-state index in [1.807, 2.05) is 19.0 Å². The first-order chi connectivity index (χ1) is 11.7. The Morgan fingerprint density at radius 1 is 1.28 bits per heavy atom. The molecule has 1 aromatic rings. The molecule has 2 amide bonds. The zero-order chi connectivity index (χ0) is 18.6. The van der Waals surface area contributed by atoms with E-state index in [1.165, 1.54) is 16.4 Å². The molecule has 1 aliphatic heterocycles. The van der Waals surface area contributed by atoms with Gasteiger partial charge in [0.1, 0.15) is 0 Å².